The highest BCUT2D eigenvalue weighted by atomic mass is 15.7. The van der Waals surface area contributed by atoms with Gasteiger partial charge in [-0.15, -0.1) is 0 Å². The lowest BCUT2D eigenvalue weighted by molar-refractivity contribution is 0.747. The Morgan fingerprint density at radius 3 is 0.786 bits per heavy atom. The minimum absolute atomic E-state index is 2.49. The molecule has 0 amide bonds. The van der Waals surface area contributed by atoms with Crippen molar-refractivity contribution in [3.63, 3.8) is 0 Å². The molecule has 14 heavy (non-hydrogen) atoms. The van der Waals surface area contributed by atoms with Crippen LogP contribution in [0.1, 0.15) is 0 Å². The van der Waals surface area contributed by atoms with E-state index in [1.54, 1.807) is 0 Å². The van der Waals surface area contributed by atoms with Crippen molar-refractivity contribution in [3.8, 4) is 0 Å². The second-order valence-corrected chi connectivity index (χ2v) is 1.09. The quantitative estimate of drug-likeness (QED) is 0.467. The molecule has 72 valence electrons. The molecule has 14 nitrogen and oxygen atoms in total. The number of rotatable bonds is 6. The van der Waals surface area contributed by atoms with Crippen LogP contribution >= 0.6 is 0 Å². The number of nitrogens with zero attached hydrogens (tertiary/aromatic N) is 12. The molecule has 0 aromatic carbocycles. The zero-order chi connectivity index (χ0) is 10.5. The molecule has 0 bridgehead atoms. The molecular weight excluding hydrogens is 196 g/mol. The summed E-state index contributed by atoms with van der Waals surface area (Å²) in [6, 6.07) is 0. The predicted octanol–water partition coefficient (Wildman–Crippen LogP) is 2.80. The minimum atomic E-state index is 2.49. The van der Waals surface area contributed by atoms with Crippen LogP contribution in [-0.2, 0) is 0 Å². The van der Waals surface area contributed by atoms with E-state index in [2.05, 4.69) is 62.7 Å². The maximum absolute atomic E-state index is 6.14. The van der Waals surface area contributed by atoms with Crippen molar-refractivity contribution in [2.24, 2.45) is 62.7 Å². The van der Waals surface area contributed by atoms with Gasteiger partial charge < -0.3 is 0 Å². The average Bonchev–Trinajstić information content (AvgIpc) is 2.21. The predicted molar refractivity (Wildman–Crippen MR) is 34.6 cm³/mol. The van der Waals surface area contributed by atoms with Gasteiger partial charge in [0.15, 0.2) is 0 Å². The molecule has 0 fully saturated rings. The van der Waals surface area contributed by atoms with E-state index in [0.717, 1.165) is 0 Å². The van der Waals surface area contributed by atoms with Gasteiger partial charge >= 0.3 is 0 Å². The van der Waals surface area contributed by atoms with E-state index in [1.807, 2.05) is 0 Å². The first-order valence-corrected chi connectivity index (χ1v) is 2.65. The van der Waals surface area contributed by atoms with Crippen LogP contribution in [0.5, 0.6) is 0 Å². The summed E-state index contributed by atoms with van der Waals surface area (Å²) in [5.74, 6) is 0. The molecule has 0 saturated heterocycles. The summed E-state index contributed by atoms with van der Waals surface area (Å²) in [6.07, 6.45) is 0. The fourth-order valence-corrected chi connectivity index (χ4v) is 0.183. The van der Waals surface area contributed by atoms with Crippen molar-refractivity contribution < 1.29 is 0 Å². The molecule has 0 rings (SSSR count). The van der Waals surface area contributed by atoms with Crippen LogP contribution in [-0.4, -0.2) is 0 Å². The van der Waals surface area contributed by atoms with Gasteiger partial charge in [0.2, 0.25) is 0 Å². The van der Waals surface area contributed by atoms with Crippen molar-refractivity contribution >= 4 is 0 Å². The van der Waals surface area contributed by atoms with Crippen LogP contribution in [0.25, 0.3) is 0 Å². The summed E-state index contributed by atoms with van der Waals surface area (Å²) in [7, 11) is 0. The van der Waals surface area contributed by atoms with Crippen molar-refractivity contribution in [2.45, 2.75) is 0 Å². The second-order valence-electron chi connectivity index (χ2n) is 1.09. The van der Waals surface area contributed by atoms with Gasteiger partial charge in [-0.2, -0.15) is 11.1 Å². The number of hydrogen-bond donors (Lipinski definition) is 2. The highest BCUT2D eigenvalue weighted by Gasteiger charge is 1.68. The van der Waals surface area contributed by atoms with Gasteiger partial charge in [-0.3, -0.25) is 0 Å². The lowest BCUT2D eigenvalue weighted by Gasteiger charge is -1.67. The normalized spacial score (nSPS) is 12.9. The summed E-state index contributed by atoms with van der Waals surface area (Å²) >= 11 is 0. The number of hydrogen-bond acceptors (Lipinski definition) is 2. The van der Waals surface area contributed by atoms with Crippen LogP contribution in [0.4, 0.5) is 0 Å². The Labute approximate surface area is 74.9 Å². The third kappa shape index (κ3) is 9.20. The summed E-state index contributed by atoms with van der Waals surface area (Å²) in [4.78, 5) is 0. The molecular formula is H2N14. The van der Waals surface area contributed by atoms with Gasteiger partial charge in [-0.1, -0.05) is 0 Å². The highest BCUT2D eigenvalue weighted by Crippen LogP contribution is 1.86. The topological polar surface area (TPSA) is 196 Å². The summed E-state index contributed by atoms with van der Waals surface area (Å²) in [6.45, 7) is 0. The van der Waals surface area contributed by atoms with E-state index in [9.17, 15) is 0 Å². The molecule has 0 aromatic rings. The van der Waals surface area contributed by atoms with E-state index in [-0.39, 0.29) is 0 Å². The standard InChI is InChI=1S/H2N14/c1-3-5-7-9-11-13-14-12-10-8-6-4-2/h1-2H/b3-1?,4-2?,7-5+,8-6+,11-9+,12-10+,14-13+. The zero-order valence-corrected chi connectivity index (χ0v) is 6.37. The van der Waals surface area contributed by atoms with E-state index in [4.69, 9.17) is 11.1 Å². The Hall–Kier alpha value is -2.80. The third-order valence-corrected chi connectivity index (χ3v) is 0.449. The Morgan fingerprint density at radius 1 is 0.357 bits per heavy atom. The molecule has 0 unspecified atom stereocenters. The molecule has 0 heterocycles. The van der Waals surface area contributed by atoms with E-state index < -0.39 is 0 Å². The van der Waals surface area contributed by atoms with Crippen LogP contribution in [0.2, 0.25) is 0 Å². The van der Waals surface area contributed by atoms with Crippen molar-refractivity contribution in [1.29, 1.82) is 11.1 Å². The average molecular weight is 198 g/mol. The van der Waals surface area contributed by atoms with Crippen LogP contribution in [0, 0.1) is 11.1 Å². The Morgan fingerprint density at radius 2 is 0.571 bits per heavy atom. The summed E-state index contributed by atoms with van der Waals surface area (Å²) < 4.78 is 0. The van der Waals surface area contributed by atoms with Gasteiger partial charge in [-0.05, 0) is 62.7 Å². The summed E-state index contributed by atoms with van der Waals surface area (Å²) in [5.41, 5.74) is 12.3. The smallest absolute Gasteiger partial charge is 0.0000000000277 e. The Kier molecular flexibility index (Phi) is 8.16. The molecule has 0 saturated carbocycles. The Balaban J connectivity index is 3.72. The van der Waals surface area contributed by atoms with Crippen molar-refractivity contribution in [2.75, 3.05) is 0 Å². The third-order valence-electron chi connectivity index (χ3n) is 0.449. The molecule has 0 aliphatic carbocycles. The lowest BCUT2D eigenvalue weighted by atomic mass is 12.3. The zero-order valence-electron chi connectivity index (χ0n) is 6.37. The first kappa shape index (κ1) is 11.2. The maximum Gasteiger partial charge on any atom is -0.0000000000277 e. The molecule has 14 heteroatoms. The van der Waals surface area contributed by atoms with E-state index >= 15 is 0 Å². The molecule has 0 aliphatic rings. The van der Waals surface area contributed by atoms with Gasteiger partial charge in [0.1, 0.15) is 0 Å². The van der Waals surface area contributed by atoms with Gasteiger partial charge in [0.05, 0.1) is 0 Å². The summed E-state index contributed by atoms with van der Waals surface area (Å²) in [5, 5.41) is 33.7. The fraction of sp³-hybridized carbons (Fsp3) is 0. The number of nitrogens with one attached hydrogen (secondary N) is 2. The molecule has 0 spiro atoms. The molecule has 0 atom stereocenters. The fourth-order valence-electron chi connectivity index (χ4n) is 0.183. The largest absolute Gasteiger partial charge is 0.183 e. The lowest BCUT2D eigenvalue weighted by Crippen LogP contribution is -1.49. The highest BCUT2D eigenvalue weighted by molar-refractivity contribution is 4.10. The van der Waals surface area contributed by atoms with Crippen molar-refractivity contribution in [3.05, 3.63) is 0 Å². The monoisotopic (exact) mass is 198 g/mol. The van der Waals surface area contributed by atoms with Crippen LogP contribution < -0.4 is 0 Å². The van der Waals surface area contributed by atoms with E-state index in [1.165, 1.54) is 0 Å². The Bertz CT molecular complexity index is 253. The first-order valence-electron chi connectivity index (χ1n) is 2.65. The molecule has 0 radical (unpaired) electrons. The first-order chi connectivity index (χ1) is 6.91. The maximum atomic E-state index is 6.14. The van der Waals surface area contributed by atoms with Crippen molar-refractivity contribution in [1.82, 2.24) is 0 Å². The molecule has 2 N–H and O–H groups in total. The van der Waals surface area contributed by atoms with Gasteiger partial charge in [-0.25, -0.2) is 0 Å². The minimum Gasteiger partial charge on any atom is -0.183 e. The molecule has 0 aromatic heterocycles. The van der Waals surface area contributed by atoms with Crippen LogP contribution in [0.15, 0.2) is 62.7 Å². The SMILES string of the molecule is N=N/N=N/N=N/N=N/N=N/N=N/N=N. The van der Waals surface area contributed by atoms with E-state index in [0.29, 0.717) is 0 Å². The van der Waals surface area contributed by atoms with Gasteiger partial charge in [0.25, 0.3) is 0 Å². The van der Waals surface area contributed by atoms with Gasteiger partial charge in [0, 0.05) is 0 Å². The molecule has 0 aliphatic heterocycles. The van der Waals surface area contributed by atoms with Crippen LogP contribution in [0.3, 0.4) is 0 Å². The second kappa shape index (κ2) is 10.2.